The van der Waals surface area contributed by atoms with Gasteiger partial charge in [-0.15, -0.1) is 0 Å². The zero-order valence-corrected chi connectivity index (χ0v) is 13.6. The summed E-state index contributed by atoms with van der Waals surface area (Å²) in [5.41, 5.74) is 1.86. The monoisotopic (exact) mass is 344 g/mol. The Morgan fingerprint density at radius 3 is 2.57 bits per heavy atom. The molecule has 0 unspecified atom stereocenters. The molecular weight excluding hydrogens is 331 g/mol. The molecule has 0 amide bonds. The second-order valence-electron chi connectivity index (χ2n) is 4.83. The zero-order chi connectivity index (χ0) is 16.1. The maximum Gasteiger partial charge on any atom is 0.224 e. The van der Waals surface area contributed by atoms with Crippen molar-refractivity contribution < 1.29 is 0 Å². The lowest BCUT2D eigenvalue weighted by Crippen LogP contribution is -2.05. The van der Waals surface area contributed by atoms with Gasteiger partial charge in [0, 0.05) is 12.7 Å². The van der Waals surface area contributed by atoms with Crippen molar-refractivity contribution in [1.29, 1.82) is 0 Å². The highest BCUT2D eigenvalue weighted by Gasteiger charge is 2.06. The minimum atomic E-state index is 0.464. The number of hydrogen-bond donors (Lipinski definition) is 2. The van der Waals surface area contributed by atoms with Crippen LogP contribution < -0.4 is 10.6 Å². The van der Waals surface area contributed by atoms with Crippen LogP contribution in [0.25, 0.3) is 0 Å². The van der Waals surface area contributed by atoms with Gasteiger partial charge in [0.1, 0.15) is 5.82 Å². The van der Waals surface area contributed by atoms with E-state index in [0.29, 0.717) is 34.0 Å². The predicted octanol–water partition coefficient (Wildman–Crippen LogP) is 5.14. The topological polar surface area (TPSA) is 49.8 Å². The standard InChI is InChI=1S/C17H14Cl2N4/c18-13-7-4-8-14(16(13)19)22-15-9-10-20-17(23-15)21-11-12-5-2-1-3-6-12/h1-10H,11H2,(H2,20,21,22,23). The zero-order valence-electron chi connectivity index (χ0n) is 12.1. The third-order valence-corrected chi connectivity index (χ3v) is 3.98. The van der Waals surface area contributed by atoms with Gasteiger partial charge < -0.3 is 10.6 Å². The van der Waals surface area contributed by atoms with Gasteiger partial charge in [-0.05, 0) is 23.8 Å². The van der Waals surface area contributed by atoms with Crippen molar-refractivity contribution in [2.24, 2.45) is 0 Å². The van der Waals surface area contributed by atoms with E-state index in [9.17, 15) is 0 Å². The van der Waals surface area contributed by atoms with E-state index in [2.05, 4.69) is 20.6 Å². The molecule has 0 radical (unpaired) electrons. The molecule has 116 valence electrons. The largest absolute Gasteiger partial charge is 0.350 e. The van der Waals surface area contributed by atoms with Gasteiger partial charge in [-0.1, -0.05) is 59.6 Å². The smallest absolute Gasteiger partial charge is 0.224 e. The summed E-state index contributed by atoms with van der Waals surface area (Å²) in [6.45, 7) is 0.655. The number of nitrogens with one attached hydrogen (secondary N) is 2. The second-order valence-corrected chi connectivity index (χ2v) is 5.62. The highest BCUT2D eigenvalue weighted by Crippen LogP contribution is 2.31. The molecule has 4 nitrogen and oxygen atoms in total. The summed E-state index contributed by atoms with van der Waals surface area (Å²) < 4.78 is 0. The van der Waals surface area contributed by atoms with Gasteiger partial charge in [0.05, 0.1) is 15.7 Å². The molecule has 0 spiro atoms. The summed E-state index contributed by atoms with van der Waals surface area (Å²) in [5, 5.41) is 7.29. The number of aromatic nitrogens is 2. The Hall–Kier alpha value is -2.30. The summed E-state index contributed by atoms with van der Waals surface area (Å²) in [4.78, 5) is 8.63. The van der Waals surface area contributed by atoms with Gasteiger partial charge in [-0.25, -0.2) is 4.98 Å². The normalized spacial score (nSPS) is 10.3. The van der Waals surface area contributed by atoms with Crippen molar-refractivity contribution >= 4 is 40.7 Å². The number of benzene rings is 2. The summed E-state index contributed by atoms with van der Waals surface area (Å²) in [6, 6.07) is 17.2. The Balaban J connectivity index is 1.71. The first kappa shape index (κ1) is 15.6. The highest BCUT2D eigenvalue weighted by molar-refractivity contribution is 6.43. The Labute approximate surface area is 144 Å². The SMILES string of the molecule is Clc1cccc(Nc2ccnc(NCc3ccccc3)n2)c1Cl. The third-order valence-electron chi connectivity index (χ3n) is 3.16. The van der Waals surface area contributed by atoms with E-state index in [0.717, 1.165) is 5.56 Å². The molecule has 1 aromatic heterocycles. The van der Waals surface area contributed by atoms with E-state index in [1.807, 2.05) is 42.5 Å². The van der Waals surface area contributed by atoms with E-state index < -0.39 is 0 Å². The molecule has 0 aliphatic heterocycles. The van der Waals surface area contributed by atoms with Crippen molar-refractivity contribution in [3.05, 3.63) is 76.4 Å². The fourth-order valence-corrected chi connectivity index (χ4v) is 2.38. The lowest BCUT2D eigenvalue weighted by atomic mass is 10.2. The van der Waals surface area contributed by atoms with E-state index in [4.69, 9.17) is 23.2 Å². The molecule has 0 bridgehead atoms. The fraction of sp³-hybridized carbons (Fsp3) is 0.0588. The van der Waals surface area contributed by atoms with Crippen molar-refractivity contribution in [2.45, 2.75) is 6.54 Å². The molecule has 0 saturated carbocycles. The lowest BCUT2D eigenvalue weighted by Gasteiger charge is -2.10. The van der Waals surface area contributed by atoms with Gasteiger partial charge in [-0.3, -0.25) is 0 Å². The maximum absolute atomic E-state index is 6.17. The molecule has 0 fully saturated rings. The molecule has 1 heterocycles. The number of hydrogen-bond acceptors (Lipinski definition) is 4. The number of halogens is 2. The van der Waals surface area contributed by atoms with E-state index in [-0.39, 0.29) is 0 Å². The molecule has 2 aromatic carbocycles. The molecule has 6 heteroatoms. The number of rotatable bonds is 5. The van der Waals surface area contributed by atoms with Crippen LogP contribution in [0.15, 0.2) is 60.8 Å². The van der Waals surface area contributed by atoms with Crippen LogP contribution in [0.1, 0.15) is 5.56 Å². The Kier molecular flexibility index (Phi) is 4.95. The first-order valence-corrected chi connectivity index (χ1v) is 7.80. The Bertz CT molecular complexity index is 794. The molecule has 0 atom stereocenters. The first-order valence-electron chi connectivity index (χ1n) is 7.04. The molecule has 2 N–H and O–H groups in total. The van der Waals surface area contributed by atoms with Crippen molar-refractivity contribution in [3.8, 4) is 0 Å². The lowest BCUT2D eigenvalue weighted by molar-refractivity contribution is 1.06. The molecular formula is C17H14Cl2N4. The van der Waals surface area contributed by atoms with Crippen LogP contribution in [-0.4, -0.2) is 9.97 Å². The molecule has 3 aromatic rings. The van der Waals surface area contributed by atoms with Crippen LogP contribution in [-0.2, 0) is 6.54 Å². The van der Waals surface area contributed by atoms with Crippen LogP contribution in [0.2, 0.25) is 10.0 Å². The molecule has 0 aliphatic rings. The van der Waals surface area contributed by atoms with Gasteiger partial charge >= 0.3 is 0 Å². The minimum Gasteiger partial charge on any atom is -0.350 e. The number of nitrogens with zero attached hydrogens (tertiary/aromatic N) is 2. The van der Waals surface area contributed by atoms with Crippen LogP contribution >= 0.6 is 23.2 Å². The van der Waals surface area contributed by atoms with E-state index in [1.165, 1.54) is 0 Å². The third kappa shape index (κ3) is 4.12. The van der Waals surface area contributed by atoms with Gasteiger partial charge in [0.2, 0.25) is 5.95 Å². The average Bonchev–Trinajstić information content (AvgIpc) is 2.59. The quantitative estimate of drug-likeness (QED) is 0.672. The highest BCUT2D eigenvalue weighted by atomic mass is 35.5. The average molecular weight is 345 g/mol. The molecule has 23 heavy (non-hydrogen) atoms. The van der Waals surface area contributed by atoms with Crippen molar-refractivity contribution in [2.75, 3.05) is 10.6 Å². The van der Waals surface area contributed by atoms with Crippen molar-refractivity contribution in [1.82, 2.24) is 9.97 Å². The van der Waals surface area contributed by atoms with Crippen LogP contribution in [0, 0.1) is 0 Å². The van der Waals surface area contributed by atoms with E-state index >= 15 is 0 Å². The molecule has 3 rings (SSSR count). The van der Waals surface area contributed by atoms with Crippen LogP contribution in [0.4, 0.5) is 17.5 Å². The van der Waals surface area contributed by atoms with Gasteiger partial charge in [0.15, 0.2) is 0 Å². The fourth-order valence-electron chi connectivity index (χ4n) is 2.03. The van der Waals surface area contributed by atoms with Gasteiger partial charge in [0.25, 0.3) is 0 Å². The van der Waals surface area contributed by atoms with E-state index in [1.54, 1.807) is 18.3 Å². The second kappa shape index (κ2) is 7.31. The molecule has 0 aliphatic carbocycles. The Morgan fingerprint density at radius 1 is 0.913 bits per heavy atom. The molecule has 0 saturated heterocycles. The maximum atomic E-state index is 6.17. The summed E-state index contributed by atoms with van der Waals surface area (Å²) >= 11 is 12.2. The first-order chi connectivity index (χ1) is 11.2. The summed E-state index contributed by atoms with van der Waals surface area (Å²) in [5.74, 6) is 1.18. The van der Waals surface area contributed by atoms with Gasteiger partial charge in [-0.2, -0.15) is 4.98 Å². The van der Waals surface area contributed by atoms with Crippen LogP contribution in [0.5, 0.6) is 0 Å². The summed E-state index contributed by atoms with van der Waals surface area (Å²) in [7, 11) is 0. The van der Waals surface area contributed by atoms with Crippen LogP contribution in [0.3, 0.4) is 0 Å². The predicted molar refractivity (Wildman–Crippen MR) is 95.5 cm³/mol. The Morgan fingerprint density at radius 2 is 1.74 bits per heavy atom. The minimum absolute atomic E-state index is 0.464. The number of anilines is 3. The summed E-state index contributed by atoms with van der Waals surface area (Å²) in [6.07, 6.45) is 1.68. The van der Waals surface area contributed by atoms with Crippen molar-refractivity contribution in [3.63, 3.8) is 0 Å².